The molecule has 0 spiro atoms. The summed E-state index contributed by atoms with van der Waals surface area (Å²) in [5.41, 5.74) is 0.198. The van der Waals surface area contributed by atoms with Crippen molar-refractivity contribution in [3.63, 3.8) is 0 Å². The number of nitrogens with one attached hydrogen (secondary N) is 2. The lowest BCUT2D eigenvalue weighted by molar-refractivity contribution is 0.248. The van der Waals surface area contributed by atoms with Crippen LogP contribution in [-0.4, -0.2) is 62.1 Å². The summed E-state index contributed by atoms with van der Waals surface area (Å²) in [5.74, 6) is 0.982. The zero-order valence-electron chi connectivity index (χ0n) is 15.1. The molecule has 0 heterocycles. The minimum Gasteiger partial charge on any atom is -0.357 e. The van der Waals surface area contributed by atoms with Crippen LogP contribution in [0.2, 0.25) is 0 Å². The molecular formula is C16H35IN4S. The molecular weight excluding hydrogens is 407 g/mol. The molecule has 6 heteroatoms. The topological polar surface area (TPSA) is 39.7 Å². The fourth-order valence-corrected chi connectivity index (χ4v) is 3.79. The van der Waals surface area contributed by atoms with Gasteiger partial charge in [0.25, 0.3) is 0 Å². The van der Waals surface area contributed by atoms with Crippen LogP contribution in [0.5, 0.6) is 0 Å². The molecule has 1 fully saturated rings. The number of nitrogens with zero attached hydrogens (tertiary/aromatic N) is 2. The summed E-state index contributed by atoms with van der Waals surface area (Å²) in [6.45, 7) is 9.49. The second-order valence-corrected chi connectivity index (χ2v) is 8.25. The Hall–Kier alpha value is 0.310. The van der Waals surface area contributed by atoms with E-state index in [4.69, 9.17) is 4.99 Å². The van der Waals surface area contributed by atoms with E-state index in [1.807, 2.05) is 11.8 Å². The first kappa shape index (κ1) is 22.3. The molecule has 0 bridgehead atoms. The number of guanidine groups is 1. The van der Waals surface area contributed by atoms with Gasteiger partial charge in [-0.2, -0.15) is 11.8 Å². The molecule has 0 aromatic carbocycles. The summed E-state index contributed by atoms with van der Waals surface area (Å²) in [4.78, 5) is 7.05. The van der Waals surface area contributed by atoms with Crippen LogP contribution in [0.4, 0.5) is 0 Å². The summed E-state index contributed by atoms with van der Waals surface area (Å²) in [6, 6.07) is 0.581. The van der Waals surface area contributed by atoms with Gasteiger partial charge in [-0.1, -0.05) is 13.8 Å². The minimum absolute atomic E-state index is 0. The average Bonchev–Trinajstić information content (AvgIpc) is 2.82. The van der Waals surface area contributed by atoms with Crippen molar-refractivity contribution in [2.75, 3.05) is 40.0 Å². The number of hydrogen-bond acceptors (Lipinski definition) is 3. The van der Waals surface area contributed by atoms with Gasteiger partial charge >= 0.3 is 0 Å². The van der Waals surface area contributed by atoms with Gasteiger partial charge in [0.1, 0.15) is 0 Å². The zero-order chi connectivity index (χ0) is 15.9. The Morgan fingerprint density at radius 2 is 2.00 bits per heavy atom. The van der Waals surface area contributed by atoms with E-state index in [-0.39, 0.29) is 29.4 Å². The molecule has 0 aromatic rings. The van der Waals surface area contributed by atoms with Crippen LogP contribution in [0.1, 0.15) is 40.0 Å². The van der Waals surface area contributed by atoms with Crippen LogP contribution < -0.4 is 10.6 Å². The maximum absolute atomic E-state index is 4.81. The lowest BCUT2D eigenvalue weighted by atomic mass is 9.93. The number of rotatable bonds is 7. The summed E-state index contributed by atoms with van der Waals surface area (Å²) < 4.78 is 0. The van der Waals surface area contributed by atoms with Gasteiger partial charge in [0.05, 0.1) is 0 Å². The fraction of sp³-hybridized carbons (Fsp3) is 0.938. The highest BCUT2D eigenvalue weighted by Gasteiger charge is 2.25. The number of aliphatic imine (C=N–C) groups is 1. The molecule has 0 aromatic heterocycles. The summed E-state index contributed by atoms with van der Waals surface area (Å²) in [5, 5.41) is 7.82. The third kappa shape index (κ3) is 8.82. The third-order valence-electron chi connectivity index (χ3n) is 3.81. The number of halogens is 1. The van der Waals surface area contributed by atoms with E-state index in [0.29, 0.717) is 6.04 Å². The Labute approximate surface area is 158 Å². The molecule has 1 rings (SSSR count). The van der Waals surface area contributed by atoms with Crippen molar-refractivity contribution in [1.29, 1.82) is 0 Å². The van der Waals surface area contributed by atoms with Crippen molar-refractivity contribution in [2.24, 2.45) is 10.4 Å². The van der Waals surface area contributed by atoms with Crippen molar-refractivity contribution in [3.8, 4) is 0 Å². The van der Waals surface area contributed by atoms with Gasteiger partial charge in [-0.05, 0) is 52.0 Å². The molecule has 2 atom stereocenters. The molecule has 22 heavy (non-hydrogen) atoms. The van der Waals surface area contributed by atoms with Crippen molar-refractivity contribution in [2.45, 2.75) is 51.3 Å². The number of hydrogen-bond donors (Lipinski definition) is 2. The Kier molecular flexibility index (Phi) is 11.1. The molecule has 1 aliphatic rings. The van der Waals surface area contributed by atoms with Gasteiger partial charge in [-0.15, -0.1) is 24.0 Å². The van der Waals surface area contributed by atoms with Gasteiger partial charge in [0.15, 0.2) is 5.96 Å². The highest BCUT2D eigenvalue weighted by molar-refractivity contribution is 14.0. The first-order valence-corrected chi connectivity index (χ1v) is 9.37. The van der Waals surface area contributed by atoms with E-state index in [1.54, 1.807) is 0 Å². The van der Waals surface area contributed by atoms with Crippen molar-refractivity contribution in [3.05, 3.63) is 0 Å². The maximum atomic E-state index is 4.81. The summed E-state index contributed by atoms with van der Waals surface area (Å²) in [7, 11) is 4.24. The highest BCUT2D eigenvalue weighted by atomic mass is 127. The largest absolute Gasteiger partial charge is 0.357 e. The standard InChI is InChI=1S/C16H34N4S.HI/c1-7-17-15(18-11-16(2,3)12-20(4)5)19-13-8-9-14(10-13)21-6;/h13-14H,7-12H2,1-6H3,(H2,17,18,19);1H. The van der Waals surface area contributed by atoms with Crippen molar-refractivity contribution in [1.82, 2.24) is 15.5 Å². The van der Waals surface area contributed by atoms with Crippen LogP contribution in [0.25, 0.3) is 0 Å². The van der Waals surface area contributed by atoms with E-state index < -0.39 is 0 Å². The van der Waals surface area contributed by atoms with Gasteiger partial charge in [-0.3, -0.25) is 4.99 Å². The van der Waals surface area contributed by atoms with Gasteiger partial charge in [0.2, 0.25) is 0 Å². The number of thioether (sulfide) groups is 1. The van der Waals surface area contributed by atoms with Crippen LogP contribution in [0, 0.1) is 5.41 Å². The third-order valence-corrected chi connectivity index (χ3v) is 4.91. The van der Waals surface area contributed by atoms with E-state index in [0.717, 1.165) is 30.8 Å². The summed E-state index contributed by atoms with van der Waals surface area (Å²) >= 11 is 2.00. The van der Waals surface area contributed by atoms with Gasteiger partial charge in [0, 0.05) is 30.9 Å². The fourth-order valence-electron chi connectivity index (χ4n) is 3.00. The molecule has 0 amide bonds. The van der Waals surface area contributed by atoms with E-state index in [2.05, 4.69) is 56.7 Å². The highest BCUT2D eigenvalue weighted by Crippen LogP contribution is 2.28. The van der Waals surface area contributed by atoms with Gasteiger partial charge in [-0.25, -0.2) is 0 Å². The van der Waals surface area contributed by atoms with Crippen LogP contribution >= 0.6 is 35.7 Å². The quantitative estimate of drug-likeness (QED) is 0.361. The van der Waals surface area contributed by atoms with E-state index >= 15 is 0 Å². The lowest BCUT2D eigenvalue weighted by Crippen LogP contribution is -2.43. The van der Waals surface area contributed by atoms with Crippen molar-refractivity contribution < 1.29 is 0 Å². The monoisotopic (exact) mass is 442 g/mol. The molecule has 0 saturated heterocycles. The normalized spacial score (nSPS) is 22.6. The summed E-state index contributed by atoms with van der Waals surface area (Å²) in [6.07, 6.45) is 6.06. The SMILES string of the molecule is CCNC(=NCC(C)(C)CN(C)C)NC1CCC(SC)C1.I. The molecule has 4 nitrogen and oxygen atoms in total. The Bertz CT molecular complexity index is 334. The second-order valence-electron chi connectivity index (χ2n) is 7.11. The molecule has 132 valence electrons. The Balaban J connectivity index is 0.00000441. The average molecular weight is 442 g/mol. The predicted octanol–water partition coefficient (Wildman–Crippen LogP) is 3.03. The van der Waals surface area contributed by atoms with Gasteiger partial charge < -0.3 is 15.5 Å². The van der Waals surface area contributed by atoms with E-state index in [9.17, 15) is 0 Å². The second kappa shape index (κ2) is 11.0. The Morgan fingerprint density at radius 3 is 2.50 bits per heavy atom. The van der Waals surface area contributed by atoms with Crippen molar-refractivity contribution >= 4 is 41.7 Å². The molecule has 2 N–H and O–H groups in total. The van der Waals surface area contributed by atoms with Crippen LogP contribution in [0.15, 0.2) is 4.99 Å². The Morgan fingerprint density at radius 1 is 1.32 bits per heavy atom. The predicted molar refractivity (Wildman–Crippen MR) is 112 cm³/mol. The molecule has 1 aliphatic carbocycles. The molecule has 0 aliphatic heterocycles. The smallest absolute Gasteiger partial charge is 0.191 e. The molecule has 0 radical (unpaired) electrons. The lowest BCUT2D eigenvalue weighted by Gasteiger charge is -2.27. The zero-order valence-corrected chi connectivity index (χ0v) is 18.3. The maximum Gasteiger partial charge on any atom is 0.191 e. The molecule has 1 saturated carbocycles. The van der Waals surface area contributed by atoms with Crippen LogP contribution in [0.3, 0.4) is 0 Å². The molecule has 2 unspecified atom stereocenters. The van der Waals surface area contributed by atoms with E-state index in [1.165, 1.54) is 19.3 Å². The van der Waals surface area contributed by atoms with Crippen LogP contribution in [-0.2, 0) is 0 Å². The first-order valence-electron chi connectivity index (χ1n) is 8.08. The first-order chi connectivity index (χ1) is 9.86. The minimum atomic E-state index is 0.